The summed E-state index contributed by atoms with van der Waals surface area (Å²) in [7, 11) is -4.11. The van der Waals surface area contributed by atoms with E-state index in [0.717, 1.165) is 18.4 Å². The summed E-state index contributed by atoms with van der Waals surface area (Å²) in [6.45, 7) is 2.27. The van der Waals surface area contributed by atoms with Gasteiger partial charge in [-0.1, -0.05) is 128 Å². The van der Waals surface area contributed by atoms with Crippen molar-refractivity contribution >= 4 is 33.2 Å². The molecule has 0 unspecified atom stereocenters. The summed E-state index contributed by atoms with van der Waals surface area (Å²) in [5.41, 5.74) is 0.732. The third-order valence-corrected chi connectivity index (χ3v) is 6.75. The number of hydrogen-bond donors (Lipinski definition) is 1. The van der Waals surface area contributed by atoms with E-state index >= 15 is 0 Å². The molecule has 0 radical (unpaired) electrons. The van der Waals surface area contributed by atoms with E-state index in [9.17, 15) is 13.0 Å². The second kappa shape index (κ2) is 19.6. The molecule has 0 fully saturated rings. The molecule has 1 aromatic carbocycles. The lowest BCUT2D eigenvalue weighted by Crippen LogP contribution is -2.03. The molecule has 0 bridgehead atoms. The van der Waals surface area contributed by atoms with Crippen LogP contribution < -0.4 is 0 Å². The minimum Gasteiger partial charge on any atom is -0.282 e. The summed E-state index contributed by atoms with van der Waals surface area (Å²) in [6, 6.07) is 6.77. The molecule has 0 aliphatic rings. The Labute approximate surface area is 202 Å². The van der Waals surface area contributed by atoms with Gasteiger partial charge in [-0.05, 0) is 24.5 Å². The molecular weight excluding hydrogens is 405 g/mol. The van der Waals surface area contributed by atoms with Crippen molar-refractivity contribution < 1.29 is 13.0 Å². The van der Waals surface area contributed by atoms with Crippen molar-refractivity contribution in [2.45, 2.75) is 127 Å². The summed E-state index contributed by atoms with van der Waals surface area (Å²) in [5.74, 6) is 0. The van der Waals surface area contributed by atoms with Crippen LogP contribution in [-0.2, 0) is 16.5 Å². The fourth-order valence-corrected chi connectivity index (χ4v) is 4.75. The summed E-state index contributed by atoms with van der Waals surface area (Å²) in [5, 5.41) is 0. The zero-order valence-corrected chi connectivity index (χ0v) is 19.5. The van der Waals surface area contributed by atoms with Crippen LogP contribution in [0.15, 0.2) is 29.2 Å². The SMILES string of the molecule is CCCCCCCCCCCCCCCCCCCc1ccccc1S(=O)(=O)O.[MgH2]. The molecule has 5 heteroatoms. The van der Waals surface area contributed by atoms with E-state index in [0.29, 0.717) is 6.42 Å². The topological polar surface area (TPSA) is 54.4 Å². The van der Waals surface area contributed by atoms with Crippen molar-refractivity contribution in [1.82, 2.24) is 0 Å². The van der Waals surface area contributed by atoms with Gasteiger partial charge in [-0.15, -0.1) is 0 Å². The van der Waals surface area contributed by atoms with E-state index in [-0.39, 0.29) is 27.9 Å². The van der Waals surface area contributed by atoms with Gasteiger partial charge in [0.15, 0.2) is 0 Å². The number of benzene rings is 1. The molecule has 0 aliphatic carbocycles. The van der Waals surface area contributed by atoms with Crippen LogP contribution in [0.1, 0.15) is 122 Å². The number of hydrogen-bond acceptors (Lipinski definition) is 2. The van der Waals surface area contributed by atoms with Gasteiger partial charge in [0.1, 0.15) is 0 Å². The minimum absolute atomic E-state index is 0. The standard InChI is InChI=1S/C25H44O3S.Mg.2H/c1-2-3-4-5-6-7-8-9-10-11-12-13-14-15-16-17-18-21-24-22-19-20-23-25(24)29(26,27)28;;;/h19-20,22-23H,2-18,21H2,1H3,(H,26,27,28);;;. The Balaban J connectivity index is 0.00000841. The molecule has 1 N–H and O–H groups in total. The minimum atomic E-state index is -4.11. The second-order valence-corrected chi connectivity index (χ2v) is 9.88. The number of unbranched alkanes of at least 4 members (excludes halogenated alkanes) is 16. The Morgan fingerprint density at radius 2 is 1.00 bits per heavy atom. The molecule has 0 aromatic heterocycles. The van der Waals surface area contributed by atoms with Crippen LogP contribution in [0.4, 0.5) is 0 Å². The zero-order chi connectivity index (χ0) is 21.2. The first-order valence-corrected chi connectivity index (χ1v) is 13.5. The first-order chi connectivity index (χ1) is 14.1. The first-order valence-electron chi connectivity index (χ1n) is 12.1. The summed E-state index contributed by atoms with van der Waals surface area (Å²) >= 11 is 0. The molecule has 172 valence electrons. The van der Waals surface area contributed by atoms with Crippen molar-refractivity contribution in [2.24, 2.45) is 0 Å². The Morgan fingerprint density at radius 3 is 1.40 bits per heavy atom. The maximum Gasteiger partial charge on any atom is 0.316 e. The van der Waals surface area contributed by atoms with Gasteiger partial charge in [0.2, 0.25) is 0 Å². The van der Waals surface area contributed by atoms with Gasteiger partial charge in [-0.2, -0.15) is 8.42 Å². The Hall–Kier alpha value is -0.104. The largest absolute Gasteiger partial charge is 0.316 e. The summed E-state index contributed by atoms with van der Waals surface area (Å²) in [4.78, 5) is 0.0662. The van der Waals surface area contributed by atoms with E-state index < -0.39 is 10.1 Å². The van der Waals surface area contributed by atoms with Crippen molar-refractivity contribution in [2.75, 3.05) is 0 Å². The highest BCUT2D eigenvalue weighted by Crippen LogP contribution is 2.19. The maximum atomic E-state index is 11.4. The predicted molar refractivity (Wildman–Crippen MR) is 133 cm³/mol. The molecule has 0 amide bonds. The van der Waals surface area contributed by atoms with E-state index in [1.807, 2.05) is 6.07 Å². The molecule has 0 saturated carbocycles. The average molecular weight is 451 g/mol. The third-order valence-electron chi connectivity index (χ3n) is 5.80. The molecule has 0 saturated heterocycles. The Bertz CT molecular complexity index is 617. The molecular formula is C25H46MgO3S. The quantitative estimate of drug-likeness (QED) is 0.137. The number of aryl methyl sites for hydroxylation is 1. The Morgan fingerprint density at radius 1 is 0.633 bits per heavy atom. The fraction of sp³-hybridized carbons (Fsp3) is 0.760. The van der Waals surface area contributed by atoms with Crippen LogP contribution in [0.5, 0.6) is 0 Å². The normalized spacial score (nSPS) is 11.4. The van der Waals surface area contributed by atoms with Crippen LogP contribution >= 0.6 is 0 Å². The predicted octanol–water partition coefficient (Wildman–Crippen LogP) is 7.21. The molecule has 0 aliphatic heterocycles. The highest BCUT2D eigenvalue weighted by atomic mass is 32.2. The lowest BCUT2D eigenvalue weighted by molar-refractivity contribution is 0.481. The van der Waals surface area contributed by atoms with E-state index in [4.69, 9.17) is 0 Å². The van der Waals surface area contributed by atoms with E-state index in [1.165, 1.54) is 102 Å². The van der Waals surface area contributed by atoms with Crippen molar-refractivity contribution in [3.05, 3.63) is 29.8 Å². The third kappa shape index (κ3) is 15.7. The molecule has 0 atom stereocenters. The van der Waals surface area contributed by atoms with Crippen LogP contribution in [0.3, 0.4) is 0 Å². The van der Waals surface area contributed by atoms with Gasteiger partial charge in [0.25, 0.3) is 10.1 Å². The van der Waals surface area contributed by atoms with Crippen molar-refractivity contribution in [1.29, 1.82) is 0 Å². The van der Waals surface area contributed by atoms with Crippen LogP contribution in [-0.4, -0.2) is 36.0 Å². The number of rotatable bonds is 19. The Kier molecular flexibility index (Phi) is 19.5. The summed E-state index contributed by atoms with van der Waals surface area (Å²) < 4.78 is 32.1. The highest BCUT2D eigenvalue weighted by Gasteiger charge is 2.13. The van der Waals surface area contributed by atoms with Gasteiger partial charge < -0.3 is 0 Å². The second-order valence-electron chi connectivity index (χ2n) is 8.49. The zero-order valence-electron chi connectivity index (χ0n) is 18.7. The highest BCUT2D eigenvalue weighted by molar-refractivity contribution is 7.85. The lowest BCUT2D eigenvalue weighted by Gasteiger charge is -2.07. The van der Waals surface area contributed by atoms with Crippen LogP contribution in [0.25, 0.3) is 0 Å². The molecule has 3 nitrogen and oxygen atoms in total. The van der Waals surface area contributed by atoms with Gasteiger partial charge in [0.05, 0.1) is 4.90 Å². The smallest absolute Gasteiger partial charge is 0.282 e. The summed E-state index contributed by atoms with van der Waals surface area (Å²) in [6.07, 6.45) is 23.4. The molecule has 1 rings (SSSR count). The lowest BCUT2D eigenvalue weighted by atomic mass is 10.0. The molecule has 0 spiro atoms. The van der Waals surface area contributed by atoms with Gasteiger partial charge >= 0.3 is 23.1 Å². The van der Waals surface area contributed by atoms with Crippen molar-refractivity contribution in [3.63, 3.8) is 0 Å². The van der Waals surface area contributed by atoms with E-state index in [1.54, 1.807) is 12.1 Å². The van der Waals surface area contributed by atoms with Crippen molar-refractivity contribution in [3.8, 4) is 0 Å². The molecule has 0 heterocycles. The van der Waals surface area contributed by atoms with Crippen LogP contribution in [0.2, 0.25) is 0 Å². The molecule has 1 aromatic rings. The fourth-order valence-electron chi connectivity index (χ4n) is 4.00. The van der Waals surface area contributed by atoms with E-state index in [2.05, 4.69) is 6.92 Å². The maximum absolute atomic E-state index is 11.4. The van der Waals surface area contributed by atoms with Gasteiger partial charge in [0, 0.05) is 0 Å². The van der Waals surface area contributed by atoms with Crippen LogP contribution in [0, 0.1) is 0 Å². The first kappa shape index (κ1) is 29.9. The average Bonchev–Trinajstić information content (AvgIpc) is 2.70. The monoisotopic (exact) mass is 450 g/mol. The van der Waals surface area contributed by atoms with Gasteiger partial charge in [-0.3, -0.25) is 4.55 Å². The molecule has 30 heavy (non-hydrogen) atoms. The van der Waals surface area contributed by atoms with Gasteiger partial charge in [-0.25, -0.2) is 0 Å².